The minimum atomic E-state index is -3.39. The predicted molar refractivity (Wildman–Crippen MR) is 74.3 cm³/mol. The molecule has 0 radical (unpaired) electrons. The summed E-state index contributed by atoms with van der Waals surface area (Å²) in [6.45, 7) is 4.30. The fraction of sp³-hybridized carbons (Fsp3) is 0.571. The maximum Gasteiger partial charge on any atom is 0.243 e. The zero-order valence-electron chi connectivity index (χ0n) is 11.4. The topological polar surface area (TPSA) is 57.6 Å². The number of nitrogens with zero attached hydrogens (tertiary/aromatic N) is 1. The van der Waals surface area contributed by atoms with Gasteiger partial charge in [0.05, 0.1) is 11.0 Å². The third-order valence-corrected chi connectivity index (χ3v) is 5.73. The average molecular weight is 283 g/mol. The Kier molecular flexibility index (Phi) is 4.28. The van der Waals surface area contributed by atoms with E-state index in [9.17, 15) is 13.5 Å². The normalized spacial score (nSPS) is 22.6. The van der Waals surface area contributed by atoms with Crippen molar-refractivity contribution in [2.45, 2.75) is 50.2 Å². The summed E-state index contributed by atoms with van der Waals surface area (Å²) in [6, 6.07) is 6.65. The highest BCUT2D eigenvalue weighted by molar-refractivity contribution is 7.89. The standard InChI is InChI=1S/C14H21NO3S/c1-3-13-5-4-10-15(13)19(17,18)14-8-6-12(7-9-14)11(2)16/h6-9,11,13,16H,3-5,10H2,1-2H3. The SMILES string of the molecule is CCC1CCCN1S(=O)(=O)c1ccc(C(C)O)cc1. The first kappa shape index (κ1) is 14.5. The third-order valence-electron chi connectivity index (χ3n) is 3.76. The molecule has 1 heterocycles. The van der Waals surface area contributed by atoms with Crippen LogP contribution in [-0.2, 0) is 10.0 Å². The molecule has 1 fully saturated rings. The maximum absolute atomic E-state index is 12.5. The Balaban J connectivity index is 2.29. The van der Waals surface area contributed by atoms with E-state index in [1.165, 1.54) is 0 Å². The molecule has 4 nitrogen and oxygen atoms in total. The Morgan fingerprint density at radius 3 is 2.53 bits per heavy atom. The van der Waals surface area contributed by atoms with Crippen LogP contribution in [0.3, 0.4) is 0 Å². The Bertz CT molecular complexity index is 522. The van der Waals surface area contributed by atoms with E-state index < -0.39 is 16.1 Å². The van der Waals surface area contributed by atoms with E-state index in [1.807, 2.05) is 6.92 Å². The molecule has 1 aliphatic heterocycles. The molecule has 0 saturated carbocycles. The van der Waals surface area contributed by atoms with Gasteiger partial charge in [-0.2, -0.15) is 4.31 Å². The van der Waals surface area contributed by atoms with Gasteiger partial charge in [0.15, 0.2) is 0 Å². The first-order valence-electron chi connectivity index (χ1n) is 6.76. The molecule has 0 amide bonds. The summed E-state index contributed by atoms with van der Waals surface area (Å²) in [7, 11) is -3.39. The molecule has 2 unspecified atom stereocenters. The highest BCUT2D eigenvalue weighted by Gasteiger charge is 2.33. The summed E-state index contributed by atoms with van der Waals surface area (Å²) < 4.78 is 26.7. The van der Waals surface area contributed by atoms with Crippen molar-refractivity contribution in [2.24, 2.45) is 0 Å². The molecule has 2 atom stereocenters. The molecule has 1 saturated heterocycles. The molecule has 0 aliphatic carbocycles. The minimum Gasteiger partial charge on any atom is -0.389 e. The first-order chi connectivity index (χ1) is 8.96. The molecule has 1 aromatic rings. The van der Waals surface area contributed by atoms with Gasteiger partial charge in [-0.25, -0.2) is 8.42 Å². The van der Waals surface area contributed by atoms with Crippen molar-refractivity contribution >= 4 is 10.0 Å². The van der Waals surface area contributed by atoms with Gasteiger partial charge in [0.2, 0.25) is 10.0 Å². The predicted octanol–water partition coefficient (Wildman–Crippen LogP) is 2.30. The van der Waals surface area contributed by atoms with Crippen molar-refractivity contribution in [1.29, 1.82) is 0 Å². The molecule has 19 heavy (non-hydrogen) atoms. The molecule has 0 bridgehead atoms. The lowest BCUT2D eigenvalue weighted by Gasteiger charge is -2.23. The Morgan fingerprint density at radius 2 is 2.00 bits per heavy atom. The van der Waals surface area contributed by atoms with E-state index in [0.717, 1.165) is 24.8 Å². The van der Waals surface area contributed by atoms with E-state index in [1.54, 1.807) is 35.5 Å². The lowest BCUT2D eigenvalue weighted by Crippen LogP contribution is -2.35. The smallest absolute Gasteiger partial charge is 0.243 e. The molecule has 1 N–H and O–H groups in total. The van der Waals surface area contributed by atoms with Crippen LogP contribution >= 0.6 is 0 Å². The van der Waals surface area contributed by atoms with E-state index >= 15 is 0 Å². The molecule has 0 aromatic heterocycles. The van der Waals surface area contributed by atoms with Gasteiger partial charge in [-0.05, 0) is 43.9 Å². The first-order valence-corrected chi connectivity index (χ1v) is 8.20. The zero-order valence-corrected chi connectivity index (χ0v) is 12.2. The van der Waals surface area contributed by atoms with Crippen LogP contribution in [0.25, 0.3) is 0 Å². The maximum atomic E-state index is 12.5. The van der Waals surface area contributed by atoms with Crippen LogP contribution in [0.1, 0.15) is 44.8 Å². The Hall–Kier alpha value is -0.910. The number of sulfonamides is 1. The monoisotopic (exact) mass is 283 g/mol. The van der Waals surface area contributed by atoms with Gasteiger partial charge < -0.3 is 5.11 Å². The Labute approximate surface area is 115 Å². The Morgan fingerprint density at radius 1 is 1.37 bits per heavy atom. The lowest BCUT2D eigenvalue weighted by atomic mass is 10.1. The second-order valence-electron chi connectivity index (χ2n) is 5.07. The second-order valence-corrected chi connectivity index (χ2v) is 6.96. The van der Waals surface area contributed by atoms with E-state index in [-0.39, 0.29) is 6.04 Å². The van der Waals surface area contributed by atoms with Crippen LogP contribution in [0, 0.1) is 0 Å². The molecule has 2 rings (SSSR count). The second kappa shape index (κ2) is 5.61. The van der Waals surface area contributed by atoms with Crippen molar-refractivity contribution in [2.75, 3.05) is 6.54 Å². The largest absolute Gasteiger partial charge is 0.389 e. The summed E-state index contributed by atoms with van der Waals surface area (Å²) in [4.78, 5) is 0.317. The van der Waals surface area contributed by atoms with Gasteiger partial charge in [-0.15, -0.1) is 0 Å². The summed E-state index contributed by atoms with van der Waals surface area (Å²) in [5, 5.41) is 9.45. The van der Waals surface area contributed by atoms with Crippen LogP contribution in [-0.4, -0.2) is 30.4 Å². The van der Waals surface area contributed by atoms with Crippen molar-refractivity contribution in [3.8, 4) is 0 Å². The number of benzene rings is 1. The minimum absolute atomic E-state index is 0.126. The van der Waals surface area contributed by atoms with Crippen molar-refractivity contribution in [1.82, 2.24) is 4.31 Å². The van der Waals surface area contributed by atoms with Gasteiger partial charge in [0.1, 0.15) is 0 Å². The lowest BCUT2D eigenvalue weighted by molar-refractivity contribution is 0.199. The van der Waals surface area contributed by atoms with Gasteiger partial charge in [0.25, 0.3) is 0 Å². The fourth-order valence-electron chi connectivity index (χ4n) is 2.59. The molecule has 1 aromatic carbocycles. The molecule has 1 aliphatic rings. The number of aliphatic hydroxyl groups excluding tert-OH is 1. The average Bonchev–Trinajstić information content (AvgIpc) is 2.87. The van der Waals surface area contributed by atoms with Gasteiger partial charge in [-0.3, -0.25) is 0 Å². The molecule has 0 spiro atoms. The molecule has 5 heteroatoms. The summed E-state index contributed by atoms with van der Waals surface area (Å²) in [6.07, 6.45) is 2.16. The molecule has 106 valence electrons. The molecular weight excluding hydrogens is 262 g/mol. The van der Waals surface area contributed by atoms with E-state index in [4.69, 9.17) is 0 Å². The van der Waals surface area contributed by atoms with Crippen molar-refractivity contribution < 1.29 is 13.5 Å². The van der Waals surface area contributed by atoms with Gasteiger partial charge in [0, 0.05) is 12.6 Å². The number of hydrogen-bond donors (Lipinski definition) is 1. The van der Waals surface area contributed by atoms with Crippen LogP contribution in [0.2, 0.25) is 0 Å². The highest BCUT2D eigenvalue weighted by atomic mass is 32.2. The summed E-state index contributed by atoms with van der Waals surface area (Å²) in [5.74, 6) is 0. The quantitative estimate of drug-likeness (QED) is 0.922. The highest BCUT2D eigenvalue weighted by Crippen LogP contribution is 2.28. The van der Waals surface area contributed by atoms with Crippen LogP contribution in [0.15, 0.2) is 29.2 Å². The summed E-state index contributed by atoms with van der Waals surface area (Å²) >= 11 is 0. The van der Waals surface area contributed by atoms with E-state index in [0.29, 0.717) is 11.4 Å². The van der Waals surface area contributed by atoms with Crippen molar-refractivity contribution in [3.05, 3.63) is 29.8 Å². The van der Waals surface area contributed by atoms with Gasteiger partial charge in [-0.1, -0.05) is 19.1 Å². The van der Waals surface area contributed by atoms with Gasteiger partial charge >= 0.3 is 0 Å². The van der Waals surface area contributed by atoms with Crippen LogP contribution in [0.5, 0.6) is 0 Å². The third kappa shape index (κ3) is 2.83. The molecular formula is C14H21NO3S. The van der Waals surface area contributed by atoms with E-state index in [2.05, 4.69) is 0 Å². The zero-order chi connectivity index (χ0) is 14.0. The number of hydrogen-bond acceptors (Lipinski definition) is 3. The summed E-state index contributed by atoms with van der Waals surface area (Å²) in [5.41, 5.74) is 0.729. The number of rotatable bonds is 4. The number of aliphatic hydroxyl groups is 1. The van der Waals surface area contributed by atoms with Crippen LogP contribution < -0.4 is 0 Å². The van der Waals surface area contributed by atoms with Crippen molar-refractivity contribution in [3.63, 3.8) is 0 Å². The fourth-order valence-corrected chi connectivity index (χ4v) is 4.35. The van der Waals surface area contributed by atoms with Crippen LogP contribution in [0.4, 0.5) is 0 Å².